The maximum Gasteiger partial charge on any atom is 0.315 e. The summed E-state index contributed by atoms with van der Waals surface area (Å²) in [7, 11) is 0. The molecule has 0 amide bonds. The number of aryl methyl sites for hydroxylation is 1. The Morgan fingerprint density at radius 3 is 2.79 bits per heavy atom. The highest BCUT2D eigenvalue weighted by molar-refractivity contribution is 8.11. The van der Waals surface area contributed by atoms with E-state index < -0.39 is 5.97 Å². The quantitative estimate of drug-likeness (QED) is 0.614. The monoisotopic (exact) mass is 229 g/mol. The highest BCUT2D eigenvalue weighted by Crippen LogP contribution is 2.27. The minimum Gasteiger partial charge on any atom is -0.481 e. The molecule has 0 heterocycles. The summed E-state index contributed by atoms with van der Waals surface area (Å²) in [6.07, 6.45) is 0. The molecule has 0 aliphatic rings. The van der Waals surface area contributed by atoms with Crippen LogP contribution in [0.3, 0.4) is 0 Å². The van der Waals surface area contributed by atoms with Gasteiger partial charge in [-0.2, -0.15) is 0 Å². The number of aliphatic carboxylic acids is 1. The number of hydrogen-bond acceptors (Lipinski definition) is 4. The van der Waals surface area contributed by atoms with Crippen LogP contribution >= 0.6 is 24.8 Å². The van der Waals surface area contributed by atoms with E-state index in [1.165, 1.54) is 0 Å². The van der Waals surface area contributed by atoms with Crippen LogP contribution in [0.2, 0.25) is 0 Å². The fourth-order valence-electron chi connectivity index (χ4n) is 0.964. The SMILES string of the molecule is Cc1ccccc1N(S)SCC(=O)O. The normalized spacial score (nSPS) is 9.86. The average Bonchev–Trinajstić information content (AvgIpc) is 2.15. The van der Waals surface area contributed by atoms with E-state index in [-0.39, 0.29) is 5.75 Å². The van der Waals surface area contributed by atoms with Gasteiger partial charge in [0.25, 0.3) is 0 Å². The Kier molecular flexibility index (Phi) is 4.16. The van der Waals surface area contributed by atoms with Crippen LogP contribution in [0.1, 0.15) is 5.56 Å². The summed E-state index contributed by atoms with van der Waals surface area (Å²) in [5, 5.41) is 8.50. The smallest absolute Gasteiger partial charge is 0.315 e. The molecule has 1 N–H and O–H groups in total. The second kappa shape index (κ2) is 5.17. The molecule has 0 aliphatic heterocycles. The molecule has 0 unspecified atom stereocenters. The van der Waals surface area contributed by atoms with Crippen LogP contribution in [-0.4, -0.2) is 16.8 Å². The molecular formula is C9H11NO2S2. The van der Waals surface area contributed by atoms with Crippen LogP contribution in [0.4, 0.5) is 5.69 Å². The zero-order valence-electron chi connectivity index (χ0n) is 7.67. The van der Waals surface area contributed by atoms with Gasteiger partial charge in [0.1, 0.15) is 5.75 Å². The van der Waals surface area contributed by atoms with Crippen molar-refractivity contribution in [3.63, 3.8) is 0 Å². The van der Waals surface area contributed by atoms with Gasteiger partial charge in [-0.1, -0.05) is 31.0 Å². The van der Waals surface area contributed by atoms with E-state index in [1.54, 1.807) is 3.71 Å². The predicted molar refractivity (Wildman–Crippen MR) is 62.7 cm³/mol. The lowest BCUT2D eigenvalue weighted by atomic mass is 10.2. The van der Waals surface area contributed by atoms with Crippen LogP contribution in [0.15, 0.2) is 24.3 Å². The summed E-state index contributed by atoms with van der Waals surface area (Å²) in [5.74, 6) is -0.833. The van der Waals surface area contributed by atoms with Gasteiger partial charge in [-0.25, -0.2) is 0 Å². The minimum atomic E-state index is -0.845. The third-order valence-corrected chi connectivity index (χ3v) is 3.01. The Morgan fingerprint density at radius 1 is 1.57 bits per heavy atom. The van der Waals surface area contributed by atoms with E-state index in [0.717, 1.165) is 23.2 Å². The van der Waals surface area contributed by atoms with Gasteiger partial charge < -0.3 is 5.11 Å². The van der Waals surface area contributed by atoms with Gasteiger partial charge in [0.2, 0.25) is 0 Å². The average molecular weight is 229 g/mol. The number of para-hydroxylation sites is 1. The lowest BCUT2D eigenvalue weighted by Crippen LogP contribution is -2.07. The first kappa shape index (κ1) is 11.3. The number of rotatable bonds is 4. The van der Waals surface area contributed by atoms with Gasteiger partial charge in [-0.05, 0) is 30.5 Å². The molecule has 0 atom stereocenters. The van der Waals surface area contributed by atoms with Gasteiger partial charge in [-0.15, -0.1) is 0 Å². The van der Waals surface area contributed by atoms with Gasteiger partial charge in [0.05, 0.1) is 5.69 Å². The first-order chi connectivity index (χ1) is 6.61. The van der Waals surface area contributed by atoms with Crippen molar-refractivity contribution in [2.75, 3.05) is 9.46 Å². The van der Waals surface area contributed by atoms with Gasteiger partial charge in [-0.3, -0.25) is 8.51 Å². The zero-order valence-corrected chi connectivity index (χ0v) is 9.39. The van der Waals surface area contributed by atoms with E-state index in [9.17, 15) is 4.79 Å². The second-order valence-corrected chi connectivity index (χ2v) is 4.31. The number of benzene rings is 1. The second-order valence-electron chi connectivity index (χ2n) is 2.73. The number of hydrogen-bond donors (Lipinski definition) is 2. The Hall–Kier alpha value is -0.810. The summed E-state index contributed by atoms with van der Waals surface area (Å²) in [6.45, 7) is 1.96. The maximum atomic E-state index is 10.3. The number of carbonyl (C=O) groups is 1. The Morgan fingerprint density at radius 2 is 2.21 bits per heavy atom. The van der Waals surface area contributed by atoms with Crippen LogP contribution in [0.5, 0.6) is 0 Å². The summed E-state index contributed by atoms with van der Waals surface area (Å²) in [5.41, 5.74) is 1.99. The Labute approximate surface area is 92.8 Å². The van der Waals surface area contributed by atoms with E-state index in [1.807, 2.05) is 31.2 Å². The Balaban J connectivity index is 2.65. The summed E-state index contributed by atoms with van der Waals surface area (Å²) in [4.78, 5) is 10.3. The fraction of sp³-hybridized carbons (Fsp3) is 0.222. The molecule has 76 valence electrons. The number of nitrogens with zero attached hydrogens (tertiary/aromatic N) is 1. The highest BCUT2D eigenvalue weighted by Gasteiger charge is 2.07. The van der Waals surface area contributed by atoms with Crippen LogP contribution in [-0.2, 0) is 4.79 Å². The lowest BCUT2D eigenvalue weighted by Gasteiger charge is -2.16. The molecule has 5 heteroatoms. The molecule has 0 saturated heterocycles. The van der Waals surface area contributed by atoms with Crippen molar-refractivity contribution < 1.29 is 9.90 Å². The van der Waals surface area contributed by atoms with Gasteiger partial charge >= 0.3 is 5.97 Å². The van der Waals surface area contributed by atoms with Crippen LogP contribution < -0.4 is 3.71 Å². The van der Waals surface area contributed by atoms with E-state index >= 15 is 0 Å². The van der Waals surface area contributed by atoms with Crippen molar-refractivity contribution in [3.05, 3.63) is 29.8 Å². The number of carboxylic acid groups (broad SMARTS) is 1. The van der Waals surface area contributed by atoms with Gasteiger partial charge in [0.15, 0.2) is 0 Å². The molecule has 0 aliphatic carbocycles. The molecular weight excluding hydrogens is 218 g/mol. The third kappa shape index (κ3) is 3.16. The first-order valence-electron chi connectivity index (χ1n) is 4.00. The molecule has 3 nitrogen and oxygen atoms in total. The third-order valence-electron chi connectivity index (χ3n) is 1.63. The summed E-state index contributed by atoms with van der Waals surface area (Å²) in [6, 6.07) is 7.69. The van der Waals surface area contributed by atoms with Crippen molar-refractivity contribution >= 4 is 36.4 Å². The maximum absolute atomic E-state index is 10.3. The molecule has 0 radical (unpaired) electrons. The van der Waals surface area contributed by atoms with E-state index in [0.29, 0.717) is 0 Å². The van der Waals surface area contributed by atoms with Crippen LogP contribution in [0.25, 0.3) is 0 Å². The van der Waals surface area contributed by atoms with Crippen molar-refractivity contribution in [2.24, 2.45) is 0 Å². The predicted octanol–water partition coefficient (Wildman–Crippen LogP) is 2.38. The standard InChI is InChI=1S/C9H11NO2S2/c1-7-4-2-3-5-8(7)10(13)14-6-9(11)12/h2-5,13H,6H2,1H3,(H,11,12). The van der Waals surface area contributed by atoms with Crippen molar-refractivity contribution in [2.45, 2.75) is 6.92 Å². The number of thiol groups is 1. The van der Waals surface area contributed by atoms with Crippen LogP contribution in [0, 0.1) is 6.92 Å². The highest BCUT2D eigenvalue weighted by atomic mass is 32.2. The topological polar surface area (TPSA) is 40.5 Å². The molecule has 1 aromatic rings. The first-order valence-corrected chi connectivity index (χ1v) is 5.35. The molecule has 0 bridgehead atoms. The molecule has 1 aromatic carbocycles. The van der Waals surface area contributed by atoms with E-state index in [2.05, 4.69) is 12.8 Å². The molecule has 0 saturated carbocycles. The molecule has 0 aromatic heterocycles. The summed E-state index contributed by atoms with van der Waals surface area (Å²) >= 11 is 5.35. The largest absolute Gasteiger partial charge is 0.481 e. The van der Waals surface area contributed by atoms with Crippen molar-refractivity contribution in [1.82, 2.24) is 0 Å². The Bertz CT molecular complexity index is 330. The zero-order chi connectivity index (χ0) is 10.6. The van der Waals surface area contributed by atoms with Crippen molar-refractivity contribution in [1.29, 1.82) is 0 Å². The molecule has 1 rings (SSSR count). The van der Waals surface area contributed by atoms with E-state index in [4.69, 9.17) is 5.11 Å². The molecule has 0 fully saturated rings. The molecule has 14 heavy (non-hydrogen) atoms. The number of carboxylic acids is 1. The molecule has 0 spiro atoms. The fourth-order valence-corrected chi connectivity index (χ4v) is 1.94. The summed E-state index contributed by atoms with van der Waals surface area (Å²) < 4.78 is 1.57. The minimum absolute atomic E-state index is 0.0117. The van der Waals surface area contributed by atoms with Gasteiger partial charge in [0, 0.05) is 0 Å². The van der Waals surface area contributed by atoms with Crippen molar-refractivity contribution in [3.8, 4) is 0 Å². The number of anilines is 1. The lowest BCUT2D eigenvalue weighted by molar-refractivity contribution is -0.133.